The van der Waals surface area contributed by atoms with Gasteiger partial charge >= 0.3 is 0 Å². The summed E-state index contributed by atoms with van der Waals surface area (Å²) in [5.41, 5.74) is 7.53. The summed E-state index contributed by atoms with van der Waals surface area (Å²) >= 11 is 4.83. The van der Waals surface area contributed by atoms with E-state index >= 15 is 0 Å². The van der Waals surface area contributed by atoms with Crippen LogP contribution in [0.2, 0.25) is 0 Å². The van der Waals surface area contributed by atoms with Crippen molar-refractivity contribution in [3.05, 3.63) is 50.6 Å². The molecule has 2 N–H and O–H groups in total. The summed E-state index contributed by atoms with van der Waals surface area (Å²) in [6.07, 6.45) is 0. The molecule has 0 saturated heterocycles. The molecule has 2 aromatic rings. The first-order valence-corrected chi connectivity index (χ1v) is 7.60. The highest BCUT2D eigenvalue weighted by Gasteiger charge is 2.16. The van der Waals surface area contributed by atoms with Gasteiger partial charge in [-0.25, -0.2) is 0 Å². The van der Waals surface area contributed by atoms with Gasteiger partial charge in [0.2, 0.25) is 0 Å². The van der Waals surface area contributed by atoms with E-state index in [9.17, 15) is 4.79 Å². The average Bonchev–Trinajstić information content (AvgIpc) is 2.82. The lowest BCUT2D eigenvalue weighted by Crippen LogP contribution is -2.29. The molecule has 1 aromatic carbocycles. The molecule has 0 aliphatic rings. The number of halogens is 1. The van der Waals surface area contributed by atoms with Crippen LogP contribution in [0.3, 0.4) is 0 Å². The number of benzene rings is 1. The Hall–Kier alpha value is -1.33. The van der Waals surface area contributed by atoms with E-state index in [0.717, 1.165) is 19.9 Å². The fraction of sp³-hybridized carbons (Fsp3) is 0.214. The SMILES string of the molecule is CCN(Cc1cccc(N)c1)C(=O)c1ccc(Br)s1. The van der Waals surface area contributed by atoms with Gasteiger partial charge in [-0.1, -0.05) is 12.1 Å². The maximum absolute atomic E-state index is 12.4. The third-order valence-corrected chi connectivity index (χ3v) is 4.39. The van der Waals surface area contributed by atoms with Crippen molar-refractivity contribution in [1.82, 2.24) is 4.90 Å². The van der Waals surface area contributed by atoms with Crippen LogP contribution in [0.15, 0.2) is 40.2 Å². The van der Waals surface area contributed by atoms with Gasteiger partial charge in [0.25, 0.3) is 5.91 Å². The molecule has 2 rings (SSSR count). The molecule has 0 aliphatic heterocycles. The molecule has 100 valence electrons. The van der Waals surface area contributed by atoms with Crippen molar-refractivity contribution in [3.63, 3.8) is 0 Å². The predicted octanol–water partition coefficient (Wildman–Crippen LogP) is 3.76. The normalized spacial score (nSPS) is 10.4. The topological polar surface area (TPSA) is 46.3 Å². The zero-order valence-electron chi connectivity index (χ0n) is 10.6. The molecule has 0 bridgehead atoms. The maximum atomic E-state index is 12.4. The van der Waals surface area contributed by atoms with Gasteiger partial charge in [-0.2, -0.15) is 0 Å². The quantitative estimate of drug-likeness (QED) is 0.863. The summed E-state index contributed by atoms with van der Waals surface area (Å²) in [5, 5.41) is 0. The summed E-state index contributed by atoms with van der Waals surface area (Å²) in [6.45, 7) is 3.23. The zero-order chi connectivity index (χ0) is 13.8. The Morgan fingerprint density at radius 3 is 2.74 bits per heavy atom. The second kappa shape index (κ2) is 6.21. The van der Waals surface area contributed by atoms with E-state index in [-0.39, 0.29) is 5.91 Å². The van der Waals surface area contributed by atoms with Crippen LogP contribution in [-0.4, -0.2) is 17.4 Å². The van der Waals surface area contributed by atoms with Crippen molar-refractivity contribution in [2.24, 2.45) is 0 Å². The number of nitrogens with zero attached hydrogens (tertiary/aromatic N) is 1. The van der Waals surface area contributed by atoms with Crippen LogP contribution in [0.1, 0.15) is 22.2 Å². The van der Waals surface area contributed by atoms with Crippen LogP contribution in [0, 0.1) is 0 Å². The minimum atomic E-state index is 0.0561. The van der Waals surface area contributed by atoms with Crippen LogP contribution in [-0.2, 0) is 6.54 Å². The first kappa shape index (κ1) is 14.1. The van der Waals surface area contributed by atoms with Crippen LogP contribution in [0.5, 0.6) is 0 Å². The third kappa shape index (κ3) is 3.58. The van der Waals surface area contributed by atoms with E-state index < -0.39 is 0 Å². The van der Waals surface area contributed by atoms with Gasteiger partial charge in [-0.15, -0.1) is 11.3 Å². The molecule has 0 radical (unpaired) electrons. The number of nitrogens with two attached hydrogens (primary N) is 1. The Bertz CT molecular complexity index is 582. The van der Waals surface area contributed by atoms with Crippen molar-refractivity contribution in [1.29, 1.82) is 0 Å². The Morgan fingerprint density at radius 1 is 1.37 bits per heavy atom. The average molecular weight is 339 g/mol. The number of rotatable bonds is 4. The highest BCUT2D eigenvalue weighted by molar-refractivity contribution is 9.11. The fourth-order valence-corrected chi connectivity index (χ4v) is 3.18. The molecule has 1 aromatic heterocycles. The molecule has 19 heavy (non-hydrogen) atoms. The van der Waals surface area contributed by atoms with Gasteiger partial charge in [0, 0.05) is 18.8 Å². The second-order valence-corrected chi connectivity index (χ2v) is 6.63. The monoisotopic (exact) mass is 338 g/mol. The molecular weight excluding hydrogens is 324 g/mol. The minimum absolute atomic E-state index is 0.0561. The predicted molar refractivity (Wildman–Crippen MR) is 83.3 cm³/mol. The Balaban J connectivity index is 2.14. The Morgan fingerprint density at radius 2 is 2.16 bits per heavy atom. The lowest BCUT2D eigenvalue weighted by molar-refractivity contribution is 0.0757. The number of hydrogen-bond acceptors (Lipinski definition) is 3. The maximum Gasteiger partial charge on any atom is 0.264 e. The molecule has 1 heterocycles. The Labute approximate surface area is 125 Å². The minimum Gasteiger partial charge on any atom is -0.399 e. The molecule has 0 atom stereocenters. The van der Waals surface area contributed by atoms with E-state index in [1.54, 1.807) is 0 Å². The molecule has 0 unspecified atom stereocenters. The van der Waals surface area contributed by atoms with Crippen molar-refractivity contribution < 1.29 is 4.79 Å². The molecule has 0 aliphatic carbocycles. The first-order chi connectivity index (χ1) is 9.10. The molecule has 5 heteroatoms. The number of anilines is 1. The standard InChI is InChI=1S/C14H15BrN2OS/c1-2-17(9-10-4-3-5-11(16)8-10)14(18)12-6-7-13(15)19-12/h3-8H,2,9,16H2,1H3. The first-order valence-electron chi connectivity index (χ1n) is 5.99. The van der Waals surface area contributed by atoms with Gasteiger partial charge in [-0.05, 0) is 52.7 Å². The number of amides is 1. The van der Waals surface area contributed by atoms with E-state index in [4.69, 9.17) is 5.73 Å². The second-order valence-electron chi connectivity index (χ2n) is 4.17. The van der Waals surface area contributed by atoms with Crippen LogP contribution < -0.4 is 5.73 Å². The molecule has 0 spiro atoms. The van der Waals surface area contributed by atoms with Gasteiger partial charge in [0.1, 0.15) is 0 Å². The lowest BCUT2D eigenvalue weighted by atomic mass is 10.2. The lowest BCUT2D eigenvalue weighted by Gasteiger charge is -2.20. The van der Waals surface area contributed by atoms with Gasteiger partial charge in [-0.3, -0.25) is 4.79 Å². The van der Waals surface area contributed by atoms with Crippen molar-refractivity contribution >= 4 is 38.9 Å². The Kier molecular flexibility index (Phi) is 4.61. The number of nitrogen functional groups attached to an aromatic ring is 1. The summed E-state index contributed by atoms with van der Waals surface area (Å²) in [7, 11) is 0. The van der Waals surface area contributed by atoms with Crippen LogP contribution in [0.4, 0.5) is 5.69 Å². The van der Waals surface area contributed by atoms with Gasteiger partial charge in [0.15, 0.2) is 0 Å². The summed E-state index contributed by atoms with van der Waals surface area (Å²) in [4.78, 5) is 14.9. The molecule has 1 amide bonds. The van der Waals surface area contributed by atoms with E-state index in [1.165, 1.54) is 11.3 Å². The molecular formula is C14H15BrN2OS. The van der Waals surface area contributed by atoms with E-state index in [2.05, 4.69) is 15.9 Å². The van der Waals surface area contributed by atoms with Gasteiger partial charge in [0.05, 0.1) is 8.66 Å². The van der Waals surface area contributed by atoms with Crippen molar-refractivity contribution in [2.45, 2.75) is 13.5 Å². The largest absolute Gasteiger partial charge is 0.399 e. The molecule has 0 saturated carbocycles. The van der Waals surface area contributed by atoms with Crippen molar-refractivity contribution in [3.8, 4) is 0 Å². The summed E-state index contributed by atoms with van der Waals surface area (Å²) in [5.74, 6) is 0.0561. The van der Waals surface area contributed by atoms with Gasteiger partial charge < -0.3 is 10.6 Å². The molecule has 3 nitrogen and oxygen atoms in total. The number of carbonyl (C=O) groups is 1. The fourth-order valence-electron chi connectivity index (χ4n) is 1.82. The van der Waals surface area contributed by atoms with E-state index in [0.29, 0.717) is 13.1 Å². The molecule has 0 fully saturated rings. The third-order valence-electron chi connectivity index (χ3n) is 2.78. The van der Waals surface area contributed by atoms with Crippen molar-refractivity contribution in [2.75, 3.05) is 12.3 Å². The van der Waals surface area contributed by atoms with Crippen LogP contribution >= 0.6 is 27.3 Å². The number of thiophene rings is 1. The smallest absolute Gasteiger partial charge is 0.264 e. The zero-order valence-corrected chi connectivity index (χ0v) is 13.0. The van der Waals surface area contributed by atoms with Crippen LogP contribution in [0.25, 0.3) is 0 Å². The number of hydrogen-bond donors (Lipinski definition) is 1. The summed E-state index contributed by atoms with van der Waals surface area (Å²) < 4.78 is 0.968. The highest BCUT2D eigenvalue weighted by atomic mass is 79.9. The highest BCUT2D eigenvalue weighted by Crippen LogP contribution is 2.24. The van der Waals surface area contributed by atoms with E-state index in [1.807, 2.05) is 48.2 Å². The summed E-state index contributed by atoms with van der Waals surface area (Å²) in [6, 6.07) is 11.4. The number of carbonyl (C=O) groups excluding carboxylic acids is 1.